The first-order valence-corrected chi connectivity index (χ1v) is 7.06. The number of hydrogen-bond acceptors (Lipinski definition) is 6. The van der Waals surface area contributed by atoms with Crippen molar-refractivity contribution in [3.8, 4) is 5.88 Å². The average Bonchev–Trinajstić information content (AvgIpc) is 3.05. The summed E-state index contributed by atoms with van der Waals surface area (Å²) >= 11 is 1.61. The number of nitrogens with one attached hydrogen (secondary N) is 1. The lowest BCUT2D eigenvalue weighted by Crippen LogP contribution is -2.30. The molecule has 0 saturated heterocycles. The normalized spacial score (nSPS) is 12.7. The van der Waals surface area contributed by atoms with Crippen LogP contribution in [0.5, 0.6) is 5.88 Å². The van der Waals surface area contributed by atoms with Crippen molar-refractivity contribution in [1.82, 2.24) is 19.8 Å². The number of nitrogens with two attached hydrogens (primary N) is 1. The molecule has 3 N–H and O–H groups in total. The van der Waals surface area contributed by atoms with Crippen LogP contribution in [-0.4, -0.2) is 21.5 Å². The van der Waals surface area contributed by atoms with Gasteiger partial charge in [-0.25, -0.2) is 9.97 Å². The molecule has 0 radical (unpaired) electrons. The number of hydrazine groups is 1. The predicted molar refractivity (Wildman–Crippen MR) is 77.6 cm³/mol. The van der Waals surface area contributed by atoms with E-state index in [-0.39, 0.29) is 6.04 Å². The first-order valence-electron chi connectivity index (χ1n) is 6.18. The third-order valence-corrected chi connectivity index (χ3v) is 3.90. The van der Waals surface area contributed by atoms with Crippen LogP contribution in [0.4, 0.5) is 0 Å². The van der Waals surface area contributed by atoms with Crippen molar-refractivity contribution in [3.63, 3.8) is 0 Å². The molecule has 1 unspecified atom stereocenters. The van der Waals surface area contributed by atoms with Crippen molar-refractivity contribution in [2.75, 3.05) is 7.11 Å². The zero-order valence-electron chi connectivity index (χ0n) is 11.0. The van der Waals surface area contributed by atoms with E-state index in [4.69, 9.17) is 10.6 Å². The van der Waals surface area contributed by atoms with Crippen molar-refractivity contribution in [1.29, 1.82) is 0 Å². The van der Waals surface area contributed by atoms with Gasteiger partial charge in [0.2, 0.25) is 5.88 Å². The molecule has 7 heteroatoms. The van der Waals surface area contributed by atoms with E-state index in [9.17, 15) is 0 Å². The first-order chi connectivity index (χ1) is 9.81. The summed E-state index contributed by atoms with van der Waals surface area (Å²) in [5.74, 6) is 6.26. The number of imidazole rings is 1. The van der Waals surface area contributed by atoms with E-state index in [0.717, 1.165) is 16.2 Å². The molecule has 1 atom stereocenters. The quantitative estimate of drug-likeness (QED) is 0.550. The molecule has 0 bridgehead atoms. The summed E-state index contributed by atoms with van der Waals surface area (Å²) in [5, 5.41) is 2.01. The fraction of sp³-hybridized carbons (Fsp3) is 0.231. The molecule has 0 aliphatic carbocycles. The predicted octanol–water partition coefficient (Wildman–Crippen LogP) is 1.55. The summed E-state index contributed by atoms with van der Waals surface area (Å²) in [6.45, 7) is 0. The number of thiazole rings is 1. The van der Waals surface area contributed by atoms with Gasteiger partial charge in [-0.15, -0.1) is 11.3 Å². The molecule has 3 rings (SSSR count). The highest BCUT2D eigenvalue weighted by atomic mass is 32.1. The molecule has 0 aliphatic heterocycles. The molecule has 0 aromatic carbocycles. The van der Waals surface area contributed by atoms with E-state index in [1.165, 1.54) is 0 Å². The summed E-state index contributed by atoms with van der Waals surface area (Å²) < 4.78 is 7.29. The lowest BCUT2D eigenvalue weighted by atomic mass is 10.0. The molecule has 0 saturated carbocycles. The second kappa shape index (κ2) is 5.58. The Morgan fingerprint density at radius 1 is 1.55 bits per heavy atom. The SMILES string of the molecule is COc1ncccc1C(Cc1cn2ccsc2n1)NN. The van der Waals surface area contributed by atoms with Crippen molar-refractivity contribution >= 4 is 16.3 Å². The van der Waals surface area contributed by atoms with E-state index in [2.05, 4.69) is 15.4 Å². The van der Waals surface area contributed by atoms with Gasteiger partial charge < -0.3 is 4.74 Å². The second-order valence-electron chi connectivity index (χ2n) is 4.35. The highest BCUT2D eigenvalue weighted by Crippen LogP contribution is 2.25. The lowest BCUT2D eigenvalue weighted by Gasteiger charge is -2.17. The van der Waals surface area contributed by atoms with E-state index < -0.39 is 0 Å². The van der Waals surface area contributed by atoms with Gasteiger partial charge in [-0.3, -0.25) is 15.7 Å². The average molecular weight is 289 g/mol. The maximum atomic E-state index is 5.68. The number of hydrogen-bond donors (Lipinski definition) is 2. The summed E-state index contributed by atoms with van der Waals surface area (Å²) in [6, 6.07) is 3.73. The van der Waals surface area contributed by atoms with Gasteiger partial charge in [0.15, 0.2) is 4.96 Å². The molecule has 104 valence electrons. The van der Waals surface area contributed by atoms with E-state index in [0.29, 0.717) is 12.3 Å². The van der Waals surface area contributed by atoms with Gasteiger partial charge in [-0.05, 0) is 6.07 Å². The van der Waals surface area contributed by atoms with Crippen LogP contribution in [0, 0.1) is 0 Å². The van der Waals surface area contributed by atoms with Gasteiger partial charge >= 0.3 is 0 Å². The Labute approximate surface area is 120 Å². The third kappa shape index (κ3) is 2.38. The van der Waals surface area contributed by atoms with Crippen LogP contribution in [0.2, 0.25) is 0 Å². The standard InChI is InChI=1S/C13H15N5OS/c1-19-12-10(3-2-4-15-12)11(17-14)7-9-8-18-5-6-20-13(18)16-9/h2-6,8,11,17H,7,14H2,1H3. The van der Waals surface area contributed by atoms with Gasteiger partial charge in [0.1, 0.15) is 0 Å². The Hall–Kier alpha value is -1.96. The molecule has 0 amide bonds. The minimum atomic E-state index is -0.0942. The zero-order chi connectivity index (χ0) is 13.9. The highest BCUT2D eigenvalue weighted by Gasteiger charge is 2.17. The Morgan fingerprint density at radius 3 is 3.20 bits per heavy atom. The van der Waals surface area contributed by atoms with Crippen LogP contribution >= 0.6 is 11.3 Å². The highest BCUT2D eigenvalue weighted by molar-refractivity contribution is 7.15. The summed E-state index contributed by atoms with van der Waals surface area (Å²) in [4.78, 5) is 9.75. The largest absolute Gasteiger partial charge is 0.481 e. The Kier molecular flexibility index (Phi) is 3.64. The molecular weight excluding hydrogens is 274 g/mol. The number of methoxy groups -OCH3 is 1. The molecule has 0 spiro atoms. The second-order valence-corrected chi connectivity index (χ2v) is 5.22. The minimum Gasteiger partial charge on any atom is -0.481 e. The van der Waals surface area contributed by atoms with E-state index in [1.54, 1.807) is 24.6 Å². The van der Waals surface area contributed by atoms with Gasteiger partial charge in [0.25, 0.3) is 0 Å². The molecule has 3 aromatic rings. The Morgan fingerprint density at radius 2 is 2.45 bits per heavy atom. The third-order valence-electron chi connectivity index (χ3n) is 3.13. The smallest absolute Gasteiger partial charge is 0.217 e. The van der Waals surface area contributed by atoms with Crippen LogP contribution in [0.25, 0.3) is 4.96 Å². The van der Waals surface area contributed by atoms with Gasteiger partial charge in [0.05, 0.1) is 18.8 Å². The lowest BCUT2D eigenvalue weighted by molar-refractivity contribution is 0.382. The monoisotopic (exact) mass is 289 g/mol. The van der Waals surface area contributed by atoms with Gasteiger partial charge in [0, 0.05) is 36.0 Å². The minimum absolute atomic E-state index is 0.0942. The number of nitrogens with zero attached hydrogens (tertiary/aromatic N) is 3. The molecule has 0 fully saturated rings. The summed E-state index contributed by atoms with van der Waals surface area (Å²) in [5.41, 5.74) is 4.71. The van der Waals surface area contributed by atoms with Gasteiger partial charge in [-0.1, -0.05) is 6.07 Å². The maximum absolute atomic E-state index is 5.68. The van der Waals surface area contributed by atoms with Gasteiger partial charge in [-0.2, -0.15) is 0 Å². The van der Waals surface area contributed by atoms with Crippen LogP contribution in [-0.2, 0) is 6.42 Å². The Balaban J connectivity index is 1.88. The molecular formula is C13H15N5OS. The fourth-order valence-electron chi connectivity index (χ4n) is 2.18. The number of fused-ring (bicyclic) bond motifs is 1. The summed E-state index contributed by atoms with van der Waals surface area (Å²) in [6.07, 6.45) is 6.38. The maximum Gasteiger partial charge on any atom is 0.217 e. The van der Waals surface area contributed by atoms with Crippen LogP contribution in [0.1, 0.15) is 17.3 Å². The van der Waals surface area contributed by atoms with Crippen molar-refractivity contribution in [3.05, 3.63) is 47.4 Å². The summed E-state index contributed by atoms with van der Waals surface area (Å²) in [7, 11) is 1.60. The van der Waals surface area contributed by atoms with Crippen LogP contribution in [0.3, 0.4) is 0 Å². The number of aromatic nitrogens is 3. The van der Waals surface area contributed by atoms with Crippen molar-refractivity contribution in [2.24, 2.45) is 5.84 Å². The zero-order valence-corrected chi connectivity index (χ0v) is 11.8. The fourth-order valence-corrected chi connectivity index (χ4v) is 2.90. The molecule has 6 nitrogen and oxygen atoms in total. The molecule has 0 aliphatic rings. The van der Waals surface area contributed by atoms with Crippen LogP contribution < -0.4 is 16.0 Å². The van der Waals surface area contributed by atoms with E-state index >= 15 is 0 Å². The number of pyridine rings is 1. The molecule has 3 heterocycles. The van der Waals surface area contributed by atoms with Crippen molar-refractivity contribution in [2.45, 2.75) is 12.5 Å². The molecule has 20 heavy (non-hydrogen) atoms. The number of rotatable bonds is 5. The van der Waals surface area contributed by atoms with E-state index in [1.807, 2.05) is 34.3 Å². The first kappa shape index (κ1) is 13.0. The van der Waals surface area contributed by atoms with Crippen LogP contribution in [0.15, 0.2) is 36.1 Å². The van der Waals surface area contributed by atoms with Crippen molar-refractivity contribution < 1.29 is 4.74 Å². The Bertz CT molecular complexity index is 679. The molecule has 3 aromatic heterocycles. The number of ether oxygens (including phenoxy) is 1. The topological polar surface area (TPSA) is 77.5 Å².